The van der Waals surface area contributed by atoms with Gasteiger partial charge in [0.25, 0.3) is 0 Å². The number of carboxylic acids is 1. The van der Waals surface area contributed by atoms with E-state index >= 15 is 0 Å². The van der Waals surface area contributed by atoms with E-state index in [0.717, 1.165) is 17.6 Å². The van der Waals surface area contributed by atoms with Crippen LogP contribution in [0.3, 0.4) is 0 Å². The SMILES string of the molecule is CCCCOn1c(=O)c(C(=O)O)c(I)c2c(Cl)ncnc21. The maximum atomic E-state index is 12.3. The monoisotopic (exact) mass is 423 g/mol. The second-order valence-corrected chi connectivity index (χ2v) is 5.58. The number of unbranched alkanes of at least 4 members (excludes halogenated alkanes) is 1. The Balaban J connectivity index is 2.79. The molecule has 0 unspecified atom stereocenters. The summed E-state index contributed by atoms with van der Waals surface area (Å²) < 4.78 is 1.07. The summed E-state index contributed by atoms with van der Waals surface area (Å²) in [6.07, 6.45) is 2.79. The highest BCUT2D eigenvalue weighted by atomic mass is 127. The number of hydrogen-bond donors (Lipinski definition) is 1. The zero-order valence-electron chi connectivity index (χ0n) is 11.0. The van der Waals surface area contributed by atoms with Crippen molar-refractivity contribution in [3.63, 3.8) is 0 Å². The van der Waals surface area contributed by atoms with Crippen molar-refractivity contribution in [3.8, 4) is 0 Å². The highest BCUT2D eigenvalue weighted by Gasteiger charge is 2.23. The van der Waals surface area contributed by atoms with Crippen LogP contribution in [0.4, 0.5) is 0 Å². The fourth-order valence-corrected chi connectivity index (χ4v) is 3.06. The van der Waals surface area contributed by atoms with Crippen LogP contribution in [0.15, 0.2) is 11.1 Å². The Labute approximate surface area is 138 Å². The first kappa shape index (κ1) is 16.0. The molecular formula is C12H11ClIN3O4. The Bertz CT molecular complexity index is 762. The summed E-state index contributed by atoms with van der Waals surface area (Å²) in [5, 5.41) is 9.59. The number of carbonyl (C=O) groups is 1. The van der Waals surface area contributed by atoms with Crippen LogP contribution in [0.5, 0.6) is 0 Å². The first-order valence-electron chi connectivity index (χ1n) is 6.10. The van der Waals surface area contributed by atoms with Gasteiger partial charge < -0.3 is 9.94 Å². The molecule has 0 saturated carbocycles. The molecule has 7 nitrogen and oxygen atoms in total. The molecule has 2 heterocycles. The standard InChI is InChI=1S/C12H11ClIN3O4/c1-2-3-4-21-17-10-6(9(13)15-5-16-10)8(14)7(11(17)18)12(19)20/h5H,2-4H2,1H3,(H,19,20). The summed E-state index contributed by atoms with van der Waals surface area (Å²) in [6.45, 7) is 2.24. The van der Waals surface area contributed by atoms with Crippen molar-refractivity contribution in [1.82, 2.24) is 14.7 Å². The third kappa shape index (κ3) is 2.95. The van der Waals surface area contributed by atoms with Gasteiger partial charge in [-0.1, -0.05) is 24.9 Å². The van der Waals surface area contributed by atoms with Crippen molar-refractivity contribution in [3.05, 3.63) is 31.0 Å². The lowest BCUT2D eigenvalue weighted by molar-refractivity contribution is 0.0680. The topological polar surface area (TPSA) is 94.3 Å². The van der Waals surface area contributed by atoms with Gasteiger partial charge in [-0.05, 0) is 29.0 Å². The van der Waals surface area contributed by atoms with Crippen LogP contribution in [0.1, 0.15) is 30.1 Å². The van der Waals surface area contributed by atoms with Crippen LogP contribution in [-0.4, -0.2) is 32.4 Å². The summed E-state index contributed by atoms with van der Waals surface area (Å²) in [5.41, 5.74) is -1.02. The summed E-state index contributed by atoms with van der Waals surface area (Å²) in [4.78, 5) is 36.8. The molecule has 21 heavy (non-hydrogen) atoms. The second-order valence-electron chi connectivity index (χ2n) is 4.14. The van der Waals surface area contributed by atoms with E-state index in [2.05, 4.69) is 9.97 Å². The van der Waals surface area contributed by atoms with Crippen molar-refractivity contribution in [2.45, 2.75) is 19.8 Å². The molecule has 2 aromatic rings. The molecule has 0 fully saturated rings. The lowest BCUT2D eigenvalue weighted by Crippen LogP contribution is -2.33. The van der Waals surface area contributed by atoms with Gasteiger partial charge in [0, 0.05) is 3.57 Å². The van der Waals surface area contributed by atoms with Crippen LogP contribution in [-0.2, 0) is 0 Å². The van der Waals surface area contributed by atoms with Crippen LogP contribution < -0.4 is 10.4 Å². The molecule has 0 atom stereocenters. The first-order chi connectivity index (χ1) is 9.99. The molecule has 0 aliphatic heterocycles. The quantitative estimate of drug-likeness (QED) is 0.449. The molecule has 112 valence electrons. The van der Waals surface area contributed by atoms with Crippen molar-refractivity contribution >= 4 is 51.2 Å². The zero-order valence-corrected chi connectivity index (χ0v) is 13.9. The van der Waals surface area contributed by atoms with Gasteiger partial charge in [-0.25, -0.2) is 14.8 Å². The second kappa shape index (κ2) is 6.56. The third-order valence-electron chi connectivity index (χ3n) is 2.74. The van der Waals surface area contributed by atoms with Gasteiger partial charge >= 0.3 is 11.5 Å². The molecule has 2 rings (SSSR count). The minimum absolute atomic E-state index is 0.0692. The van der Waals surface area contributed by atoms with E-state index in [1.807, 2.05) is 6.92 Å². The Hall–Kier alpha value is -1.42. The molecule has 0 amide bonds. The van der Waals surface area contributed by atoms with E-state index in [4.69, 9.17) is 16.4 Å². The molecule has 0 aromatic carbocycles. The number of nitrogens with zero attached hydrogens (tertiary/aromatic N) is 3. The number of aromatic carboxylic acids is 1. The molecule has 2 aromatic heterocycles. The van der Waals surface area contributed by atoms with Gasteiger partial charge in [-0.2, -0.15) is 0 Å². The van der Waals surface area contributed by atoms with Crippen LogP contribution in [0.2, 0.25) is 5.15 Å². The van der Waals surface area contributed by atoms with Gasteiger partial charge in [-0.3, -0.25) is 4.79 Å². The number of rotatable bonds is 5. The number of halogens is 2. The third-order valence-corrected chi connectivity index (χ3v) is 4.11. The Kier molecular flexibility index (Phi) is 4.99. The predicted molar refractivity (Wildman–Crippen MR) is 84.8 cm³/mol. The van der Waals surface area contributed by atoms with Crippen LogP contribution in [0.25, 0.3) is 11.0 Å². The summed E-state index contributed by atoms with van der Waals surface area (Å²) in [7, 11) is 0. The molecule has 1 N–H and O–H groups in total. The van der Waals surface area contributed by atoms with E-state index in [0.29, 0.717) is 0 Å². The predicted octanol–water partition coefficient (Wildman–Crippen LogP) is 1.98. The molecule has 0 radical (unpaired) electrons. The number of carboxylic acid groups (broad SMARTS) is 1. The smallest absolute Gasteiger partial charge is 0.342 e. The van der Waals surface area contributed by atoms with E-state index in [1.54, 1.807) is 22.6 Å². The van der Waals surface area contributed by atoms with Crippen molar-refractivity contribution in [1.29, 1.82) is 0 Å². The summed E-state index contributed by atoms with van der Waals surface area (Å²) in [5.74, 6) is -1.35. The number of fused-ring (bicyclic) bond motifs is 1. The highest BCUT2D eigenvalue weighted by Crippen LogP contribution is 2.25. The average molecular weight is 424 g/mol. The molecule has 0 bridgehead atoms. The number of pyridine rings is 1. The molecule has 0 aliphatic carbocycles. The van der Waals surface area contributed by atoms with Crippen LogP contribution in [0, 0.1) is 3.57 Å². The van der Waals surface area contributed by atoms with Crippen molar-refractivity contribution < 1.29 is 14.7 Å². The van der Waals surface area contributed by atoms with E-state index in [1.165, 1.54) is 6.33 Å². The fraction of sp³-hybridized carbons (Fsp3) is 0.333. The maximum Gasteiger partial charge on any atom is 0.342 e. The highest BCUT2D eigenvalue weighted by molar-refractivity contribution is 14.1. The molecule has 0 spiro atoms. The van der Waals surface area contributed by atoms with Gasteiger partial charge in [0.15, 0.2) is 5.65 Å². The Morgan fingerprint density at radius 1 is 1.52 bits per heavy atom. The lowest BCUT2D eigenvalue weighted by atomic mass is 10.2. The number of aromatic nitrogens is 3. The van der Waals surface area contributed by atoms with Gasteiger partial charge in [0.05, 0.1) is 5.39 Å². The van der Waals surface area contributed by atoms with Gasteiger partial charge in [-0.15, -0.1) is 4.73 Å². The number of hydrogen-bond acceptors (Lipinski definition) is 5. The van der Waals surface area contributed by atoms with E-state index in [9.17, 15) is 14.7 Å². The van der Waals surface area contributed by atoms with Crippen molar-refractivity contribution in [2.75, 3.05) is 6.61 Å². The summed E-state index contributed by atoms with van der Waals surface area (Å²) >= 11 is 7.76. The minimum Gasteiger partial charge on any atom is -0.477 e. The Morgan fingerprint density at radius 3 is 2.86 bits per heavy atom. The maximum absolute atomic E-state index is 12.3. The largest absolute Gasteiger partial charge is 0.477 e. The fourth-order valence-electron chi connectivity index (χ4n) is 1.72. The van der Waals surface area contributed by atoms with Gasteiger partial charge in [0.2, 0.25) is 0 Å². The zero-order chi connectivity index (χ0) is 15.6. The van der Waals surface area contributed by atoms with E-state index < -0.39 is 17.1 Å². The normalized spacial score (nSPS) is 10.8. The lowest BCUT2D eigenvalue weighted by Gasteiger charge is -2.13. The summed E-state index contributed by atoms with van der Waals surface area (Å²) in [6, 6.07) is 0. The molecule has 9 heteroatoms. The average Bonchev–Trinajstić information content (AvgIpc) is 2.42. The van der Waals surface area contributed by atoms with Crippen molar-refractivity contribution in [2.24, 2.45) is 0 Å². The molecular weight excluding hydrogens is 413 g/mol. The minimum atomic E-state index is -1.35. The molecule has 0 aliphatic rings. The van der Waals surface area contributed by atoms with Crippen LogP contribution >= 0.6 is 34.2 Å². The first-order valence-corrected chi connectivity index (χ1v) is 7.56. The van der Waals surface area contributed by atoms with E-state index in [-0.39, 0.29) is 26.4 Å². The Morgan fingerprint density at radius 2 is 2.24 bits per heavy atom. The van der Waals surface area contributed by atoms with Gasteiger partial charge in [0.1, 0.15) is 23.7 Å². The molecule has 0 saturated heterocycles.